The van der Waals surface area contributed by atoms with E-state index in [1.807, 2.05) is 19.1 Å². The van der Waals surface area contributed by atoms with E-state index in [9.17, 15) is 0 Å². The number of aryl methyl sites for hydroxylation is 1. The fraction of sp³-hybridized carbons (Fsp3) is 0.500. The molecule has 0 radical (unpaired) electrons. The Hall–Kier alpha value is -1.33. The minimum Gasteiger partial charge on any atom is -0.492 e. The van der Waals surface area contributed by atoms with Crippen molar-refractivity contribution in [2.75, 3.05) is 20.3 Å². The lowest BCUT2D eigenvalue weighted by molar-refractivity contribution is 0.191. The van der Waals surface area contributed by atoms with Gasteiger partial charge in [0.25, 0.3) is 0 Å². The molecule has 19 heavy (non-hydrogen) atoms. The van der Waals surface area contributed by atoms with Crippen molar-refractivity contribution in [1.82, 2.24) is 9.55 Å². The van der Waals surface area contributed by atoms with Crippen LogP contribution >= 0.6 is 12.2 Å². The summed E-state index contributed by atoms with van der Waals surface area (Å²) in [6.07, 6.45) is 2.09. The summed E-state index contributed by atoms with van der Waals surface area (Å²) < 4.78 is 13.6. The Balaban J connectivity index is 2.26. The van der Waals surface area contributed by atoms with E-state index in [-0.39, 0.29) is 0 Å². The zero-order valence-corrected chi connectivity index (χ0v) is 12.3. The number of imidazole rings is 1. The molecule has 1 N–H and O–H groups in total. The number of hydrogen-bond acceptors (Lipinski definition) is 3. The molecule has 0 fully saturated rings. The van der Waals surface area contributed by atoms with E-state index in [0.717, 1.165) is 47.5 Å². The molecule has 1 aromatic carbocycles. The molecule has 0 unspecified atom stereocenters. The van der Waals surface area contributed by atoms with Gasteiger partial charge in [-0.3, -0.25) is 0 Å². The summed E-state index contributed by atoms with van der Waals surface area (Å²) in [6.45, 7) is 4.32. The van der Waals surface area contributed by atoms with Gasteiger partial charge < -0.3 is 19.0 Å². The highest BCUT2D eigenvalue weighted by Crippen LogP contribution is 2.25. The number of hydrogen-bond donors (Lipinski definition) is 1. The van der Waals surface area contributed by atoms with Crippen molar-refractivity contribution < 1.29 is 9.47 Å². The Labute approximate surface area is 118 Å². The predicted molar refractivity (Wildman–Crippen MR) is 79.4 cm³/mol. The highest BCUT2D eigenvalue weighted by atomic mass is 32.1. The fourth-order valence-corrected chi connectivity index (χ4v) is 2.46. The monoisotopic (exact) mass is 280 g/mol. The number of nitrogens with zero attached hydrogens (tertiary/aromatic N) is 1. The summed E-state index contributed by atoms with van der Waals surface area (Å²) in [7, 11) is 1.73. The number of methoxy groups -OCH3 is 1. The number of fused-ring (bicyclic) bond motifs is 1. The Bertz CT molecular complexity index is 589. The molecular formula is C14H20N2O2S. The smallest absolute Gasteiger partial charge is 0.178 e. The van der Waals surface area contributed by atoms with E-state index < -0.39 is 0 Å². The third-order valence-electron chi connectivity index (χ3n) is 3.05. The molecule has 0 aliphatic rings. The molecule has 0 saturated carbocycles. The number of benzene rings is 1. The molecule has 0 atom stereocenters. The maximum absolute atomic E-state index is 5.62. The normalized spacial score (nSPS) is 11.1. The standard InChI is InChI=1S/C14H20N2O2S/c1-3-18-12-8-6-7-11-13(12)15-14(19)16(11)9-4-5-10-17-2/h6-8H,3-5,9-10H2,1-2H3,(H,15,19). The van der Waals surface area contributed by atoms with Crippen molar-refractivity contribution in [2.45, 2.75) is 26.3 Å². The van der Waals surface area contributed by atoms with Gasteiger partial charge in [-0.1, -0.05) is 6.07 Å². The van der Waals surface area contributed by atoms with E-state index in [2.05, 4.69) is 15.6 Å². The van der Waals surface area contributed by atoms with Crippen molar-refractivity contribution >= 4 is 23.3 Å². The molecule has 2 rings (SSSR count). The lowest BCUT2D eigenvalue weighted by atomic mass is 10.2. The van der Waals surface area contributed by atoms with Crippen LogP contribution in [-0.4, -0.2) is 29.9 Å². The number of nitrogens with one attached hydrogen (secondary N) is 1. The van der Waals surface area contributed by atoms with Crippen LogP contribution < -0.4 is 4.74 Å². The molecule has 1 aromatic heterocycles. The summed E-state index contributed by atoms with van der Waals surface area (Å²) in [5.74, 6) is 0.863. The largest absolute Gasteiger partial charge is 0.492 e. The van der Waals surface area contributed by atoms with Gasteiger partial charge in [-0.25, -0.2) is 0 Å². The maximum atomic E-state index is 5.62. The van der Waals surface area contributed by atoms with E-state index in [4.69, 9.17) is 21.7 Å². The van der Waals surface area contributed by atoms with Gasteiger partial charge in [0.1, 0.15) is 11.3 Å². The lowest BCUT2D eigenvalue weighted by Gasteiger charge is -2.06. The van der Waals surface area contributed by atoms with Crippen molar-refractivity contribution in [3.63, 3.8) is 0 Å². The van der Waals surface area contributed by atoms with Gasteiger partial charge in [0.05, 0.1) is 12.1 Å². The number of aromatic nitrogens is 2. The number of unbranched alkanes of at least 4 members (excludes halogenated alkanes) is 1. The average Bonchev–Trinajstić information content (AvgIpc) is 2.73. The van der Waals surface area contributed by atoms with E-state index in [1.165, 1.54) is 0 Å². The molecular weight excluding hydrogens is 260 g/mol. The molecule has 0 amide bonds. The van der Waals surface area contributed by atoms with Gasteiger partial charge in [-0.15, -0.1) is 0 Å². The number of H-pyrrole nitrogens is 1. The van der Waals surface area contributed by atoms with Crippen molar-refractivity contribution in [2.24, 2.45) is 0 Å². The van der Waals surface area contributed by atoms with Crippen LogP contribution in [0.25, 0.3) is 11.0 Å². The molecule has 4 nitrogen and oxygen atoms in total. The van der Waals surface area contributed by atoms with Gasteiger partial charge in [0.2, 0.25) is 0 Å². The minimum atomic E-state index is 0.652. The number of aromatic amines is 1. The zero-order chi connectivity index (χ0) is 13.7. The SMILES string of the molecule is CCOc1cccc2c1[nH]c(=S)n2CCCCOC. The van der Waals surface area contributed by atoms with Crippen molar-refractivity contribution in [1.29, 1.82) is 0 Å². The zero-order valence-electron chi connectivity index (χ0n) is 11.4. The molecule has 0 aliphatic heterocycles. The molecule has 0 aliphatic carbocycles. The number of ether oxygens (including phenoxy) is 2. The second kappa shape index (κ2) is 6.73. The van der Waals surface area contributed by atoms with Gasteiger partial charge in [0.15, 0.2) is 4.77 Å². The van der Waals surface area contributed by atoms with Gasteiger partial charge in [0, 0.05) is 20.3 Å². The van der Waals surface area contributed by atoms with E-state index >= 15 is 0 Å². The summed E-state index contributed by atoms with van der Waals surface area (Å²) in [6, 6.07) is 6.04. The van der Waals surface area contributed by atoms with Gasteiger partial charge in [-0.2, -0.15) is 0 Å². The Kier molecular flexibility index (Phi) is 4.99. The number of rotatable bonds is 7. The van der Waals surface area contributed by atoms with Gasteiger partial charge in [-0.05, 0) is 44.1 Å². The molecule has 104 valence electrons. The second-order valence-electron chi connectivity index (χ2n) is 4.36. The summed E-state index contributed by atoms with van der Waals surface area (Å²) in [5.41, 5.74) is 2.09. The van der Waals surface area contributed by atoms with Crippen LogP contribution in [0, 0.1) is 4.77 Å². The van der Waals surface area contributed by atoms with Crippen molar-refractivity contribution in [3.8, 4) is 5.75 Å². The van der Waals surface area contributed by atoms with Crippen LogP contribution in [0.1, 0.15) is 19.8 Å². The van der Waals surface area contributed by atoms with Crippen LogP contribution in [0.3, 0.4) is 0 Å². The Morgan fingerprint density at radius 1 is 1.32 bits per heavy atom. The van der Waals surface area contributed by atoms with E-state index in [0.29, 0.717) is 6.61 Å². The topological polar surface area (TPSA) is 39.2 Å². The quantitative estimate of drug-likeness (QED) is 0.623. The third kappa shape index (κ3) is 3.16. The minimum absolute atomic E-state index is 0.652. The molecule has 0 bridgehead atoms. The van der Waals surface area contributed by atoms with Crippen LogP contribution in [0.15, 0.2) is 18.2 Å². The fourth-order valence-electron chi connectivity index (χ4n) is 2.17. The second-order valence-corrected chi connectivity index (χ2v) is 4.75. The predicted octanol–water partition coefficient (Wildman–Crippen LogP) is 3.52. The first-order valence-corrected chi connectivity index (χ1v) is 7.02. The average molecular weight is 280 g/mol. The lowest BCUT2D eigenvalue weighted by Crippen LogP contribution is -2.00. The summed E-state index contributed by atoms with van der Waals surface area (Å²) >= 11 is 5.40. The highest BCUT2D eigenvalue weighted by molar-refractivity contribution is 7.71. The van der Waals surface area contributed by atoms with E-state index in [1.54, 1.807) is 7.11 Å². The first-order valence-electron chi connectivity index (χ1n) is 6.61. The molecule has 2 aromatic rings. The first-order chi connectivity index (χ1) is 9.27. The summed E-state index contributed by atoms with van der Waals surface area (Å²) in [4.78, 5) is 3.24. The Morgan fingerprint density at radius 2 is 2.16 bits per heavy atom. The number of para-hydroxylation sites is 1. The highest BCUT2D eigenvalue weighted by Gasteiger charge is 2.08. The van der Waals surface area contributed by atoms with Crippen LogP contribution in [0.4, 0.5) is 0 Å². The van der Waals surface area contributed by atoms with Crippen LogP contribution in [0.2, 0.25) is 0 Å². The summed E-state index contributed by atoms with van der Waals surface area (Å²) in [5, 5.41) is 0. The van der Waals surface area contributed by atoms with Gasteiger partial charge >= 0.3 is 0 Å². The first kappa shape index (κ1) is 14.1. The molecule has 5 heteroatoms. The van der Waals surface area contributed by atoms with Crippen molar-refractivity contribution in [3.05, 3.63) is 23.0 Å². The molecule has 1 heterocycles. The van der Waals surface area contributed by atoms with Crippen LogP contribution in [0.5, 0.6) is 5.75 Å². The third-order valence-corrected chi connectivity index (χ3v) is 3.37. The molecule has 0 saturated heterocycles. The maximum Gasteiger partial charge on any atom is 0.178 e. The Morgan fingerprint density at radius 3 is 2.89 bits per heavy atom. The van der Waals surface area contributed by atoms with Crippen LogP contribution in [-0.2, 0) is 11.3 Å². The molecule has 0 spiro atoms.